The van der Waals surface area contributed by atoms with Gasteiger partial charge in [0.05, 0.1) is 6.61 Å². The van der Waals surface area contributed by atoms with Crippen molar-refractivity contribution >= 4 is 24.0 Å². The molecule has 5 heteroatoms. The van der Waals surface area contributed by atoms with E-state index in [0.717, 1.165) is 37.4 Å². The van der Waals surface area contributed by atoms with Crippen LogP contribution in [0.1, 0.15) is 26.2 Å². The van der Waals surface area contributed by atoms with E-state index in [2.05, 4.69) is 10.6 Å². The van der Waals surface area contributed by atoms with E-state index < -0.39 is 0 Å². The summed E-state index contributed by atoms with van der Waals surface area (Å²) in [6, 6.07) is 7.52. The minimum absolute atomic E-state index is 0. The summed E-state index contributed by atoms with van der Waals surface area (Å²) in [4.78, 5) is 11.9. The maximum absolute atomic E-state index is 11.9. The van der Waals surface area contributed by atoms with Crippen LogP contribution in [0.2, 0.25) is 0 Å². The van der Waals surface area contributed by atoms with E-state index in [1.165, 1.54) is 0 Å². The number of nitrogens with one attached hydrogen (secondary N) is 2. The van der Waals surface area contributed by atoms with Crippen LogP contribution >= 0.6 is 12.4 Å². The van der Waals surface area contributed by atoms with Crippen molar-refractivity contribution in [3.8, 4) is 5.75 Å². The van der Waals surface area contributed by atoms with E-state index in [0.29, 0.717) is 18.9 Å². The minimum Gasteiger partial charge on any atom is -0.494 e. The molecule has 0 unspecified atom stereocenters. The highest BCUT2D eigenvalue weighted by atomic mass is 35.5. The van der Waals surface area contributed by atoms with E-state index in [4.69, 9.17) is 4.74 Å². The molecule has 1 fully saturated rings. The van der Waals surface area contributed by atoms with Gasteiger partial charge < -0.3 is 15.4 Å². The van der Waals surface area contributed by atoms with Crippen LogP contribution in [0.5, 0.6) is 5.75 Å². The highest BCUT2D eigenvalue weighted by Gasteiger charge is 2.16. The van der Waals surface area contributed by atoms with Gasteiger partial charge in [0.15, 0.2) is 0 Å². The number of rotatable bonds is 5. The Morgan fingerprint density at radius 3 is 2.55 bits per heavy atom. The van der Waals surface area contributed by atoms with Crippen molar-refractivity contribution in [3.05, 3.63) is 24.3 Å². The Balaban J connectivity index is 0.00000200. The summed E-state index contributed by atoms with van der Waals surface area (Å²) < 4.78 is 5.37. The smallest absolute Gasteiger partial charge is 0.224 e. The molecule has 1 heterocycles. The lowest BCUT2D eigenvalue weighted by Gasteiger charge is -2.21. The second-order valence-corrected chi connectivity index (χ2v) is 4.90. The van der Waals surface area contributed by atoms with E-state index in [9.17, 15) is 4.79 Å². The van der Waals surface area contributed by atoms with Crippen LogP contribution in [0.15, 0.2) is 24.3 Å². The van der Waals surface area contributed by atoms with E-state index in [1.807, 2.05) is 31.2 Å². The number of ether oxygens (including phenoxy) is 1. The molecule has 0 aromatic heterocycles. The zero-order valence-corrected chi connectivity index (χ0v) is 12.7. The highest BCUT2D eigenvalue weighted by Crippen LogP contribution is 2.19. The van der Waals surface area contributed by atoms with E-state index in [-0.39, 0.29) is 18.3 Å². The van der Waals surface area contributed by atoms with Crippen molar-refractivity contribution in [1.82, 2.24) is 5.32 Å². The summed E-state index contributed by atoms with van der Waals surface area (Å²) in [7, 11) is 0. The zero-order chi connectivity index (χ0) is 13.5. The van der Waals surface area contributed by atoms with Gasteiger partial charge in [-0.1, -0.05) is 0 Å². The minimum atomic E-state index is 0. The van der Waals surface area contributed by atoms with Crippen LogP contribution in [0, 0.1) is 5.92 Å². The first-order valence-electron chi connectivity index (χ1n) is 7.01. The predicted molar refractivity (Wildman–Crippen MR) is 83.7 cm³/mol. The number of carbonyl (C=O) groups excluding carboxylic acids is 1. The third-order valence-electron chi connectivity index (χ3n) is 3.38. The molecule has 0 aliphatic carbocycles. The first-order chi connectivity index (χ1) is 9.28. The molecule has 4 nitrogen and oxygen atoms in total. The molecule has 2 N–H and O–H groups in total. The summed E-state index contributed by atoms with van der Waals surface area (Å²) in [5.41, 5.74) is 0.836. The van der Waals surface area contributed by atoms with Crippen molar-refractivity contribution in [2.24, 2.45) is 5.92 Å². The molecule has 0 spiro atoms. The fourth-order valence-electron chi connectivity index (χ4n) is 2.36. The number of carbonyl (C=O) groups is 1. The fraction of sp³-hybridized carbons (Fsp3) is 0.533. The quantitative estimate of drug-likeness (QED) is 0.879. The molecule has 0 radical (unpaired) electrons. The standard InChI is InChI=1S/C15H22N2O2.ClH/c1-2-19-14-5-3-13(4-6-14)17-15(18)11-12-7-9-16-10-8-12;/h3-6,12,16H,2,7-11H2,1H3,(H,17,18);1H. The van der Waals surface area contributed by atoms with Crippen LogP contribution in [-0.4, -0.2) is 25.6 Å². The van der Waals surface area contributed by atoms with Gasteiger partial charge in [0.25, 0.3) is 0 Å². The van der Waals surface area contributed by atoms with E-state index >= 15 is 0 Å². The number of hydrogen-bond donors (Lipinski definition) is 2. The molecule has 1 aliphatic heterocycles. The molecular weight excluding hydrogens is 276 g/mol. The Labute approximate surface area is 126 Å². The van der Waals surface area contributed by atoms with Gasteiger partial charge in [-0.2, -0.15) is 0 Å². The van der Waals surface area contributed by atoms with Gasteiger partial charge in [-0.15, -0.1) is 12.4 Å². The molecule has 1 amide bonds. The monoisotopic (exact) mass is 298 g/mol. The van der Waals surface area contributed by atoms with Crippen molar-refractivity contribution in [1.29, 1.82) is 0 Å². The van der Waals surface area contributed by atoms with Crippen LogP contribution in [0.25, 0.3) is 0 Å². The van der Waals surface area contributed by atoms with Crippen molar-refractivity contribution < 1.29 is 9.53 Å². The molecule has 112 valence electrons. The van der Waals surface area contributed by atoms with Crippen LogP contribution in [0.3, 0.4) is 0 Å². The Morgan fingerprint density at radius 1 is 1.30 bits per heavy atom. The SMILES string of the molecule is CCOc1ccc(NC(=O)CC2CCNCC2)cc1.Cl. The van der Waals surface area contributed by atoms with Gasteiger partial charge in [0.2, 0.25) is 5.91 Å². The zero-order valence-electron chi connectivity index (χ0n) is 11.9. The Kier molecular flexibility index (Phi) is 7.41. The number of hydrogen-bond acceptors (Lipinski definition) is 3. The van der Waals surface area contributed by atoms with Gasteiger partial charge in [0.1, 0.15) is 5.75 Å². The Bertz CT molecular complexity index is 403. The summed E-state index contributed by atoms with van der Waals surface area (Å²) in [5.74, 6) is 1.46. The van der Waals surface area contributed by atoms with E-state index in [1.54, 1.807) is 0 Å². The third-order valence-corrected chi connectivity index (χ3v) is 3.38. The Morgan fingerprint density at radius 2 is 1.95 bits per heavy atom. The first-order valence-corrected chi connectivity index (χ1v) is 7.01. The number of amides is 1. The first kappa shape index (κ1) is 16.8. The maximum atomic E-state index is 11.9. The maximum Gasteiger partial charge on any atom is 0.224 e. The normalized spacial score (nSPS) is 15.2. The topological polar surface area (TPSA) is 50.4 Å². The molecule has 20 heavy (non-hydrogen) atoms. The second-order valence-electron chi connectivity index (χ2n) is 4.90. The molecule has 0 bridgehead atoms. The summed E-state index contributed by atoms with van der Waals surface area (Å²) in [6.45, 7) is 4.66. The van der Waals surface area contributed by atoms with Crippen molar-refractivity contribution in [2.75, 3.05) is 25.0 Å². The molecule has 0 saturated carbocycles. The van der Waals surface area contributed by atoms with Gasteiger partial charge in [-0.25, -0.2) is 0 Å². The van der Waals surface area contributed by atoms with Crippen LogP contribution in [0.4, 0.5) is 5.69 Å². The van der Waals surface area contributed by atoms with Crippen LogP contribution in [-0.2, 0) is 4.79 Å². The number of piperidine rings is 1. The molecule has 1 aliphatic rings. The molecule has 2 rings (SSSR count). The van der Waals surface area contributed by atoms with Crippen molar-refractivity contribution in [3.63, 3.8) is 0 Å². The molecule has 1 aromatic rings. The summed E-state index contributed by atoms with van der Waals surface area (Å²) in [6.07, 6.45) is 2.81. The molecule has 1 saturated heterocycles. The predicted octanol–water partition coefficient (Wildman–Crippen LogP) is 2.84. The van der Waals surface area contributed by atoms with Crippen molar-refractivity contribution in [2.45, 2.75) is 26.2 Å². The summed E-state index contributed by atoms with van der Waals surface area (Å²) in [5, 5.41) is 6.25. The lowest BCUT2D eigenvalue weighted by atomic mass is 9.94. The van der Waals surface area contributed by atoms with Gasteiger partial charge >= 0.3 is 0 Å². The Hall–Kier alpha value is -1.26. The fourth-order valence-corrected chi connectivity index (χ4v) is 2.36. The highest BCUT2D eigenvalue weighted by molar-refractivity contribution is 5.90. The largest absolute Gasteiger partial charge is 0.494 e. The third kappa shape index (κ3) is 5.39. The van der Waals surface area contributed by atoms with Crippen LogP contribution < -0.4 is 15.4 Å². The second kappa shape index (κ2) is 8.82. The number of benzene rings is 1. The lowest BCUT2D eigenvalue weighted by Crippen LogP contribution is -2.30. The average molecular weight is 299 g/mol. The number of anilines is 1. The number of halogens is 1. The summed E-state index contributed by atoms with van der Waals surface area (Å²) >= 11 is 0. The van der Waals surface area contributed by atoms with Gasteiger partial charge in [-0.3, -0.25) is 4.79 Å². The average Bonchev–Trinajstić information content (AvgIpc) is 2.42. The molecular formula is C15H23ClN2O2. The van der Waals surface area contributed by atoms with Gasteiger partial charge in [-0.05, 0) is 63.0 Å². The lowest BCUT2D eigenvalue weighted by molar-refractivity contribution is -0.117. The molecule has 1 aromatic carbocycles. The van der Waals surface area contributed by atoms with Gasteiger partial charge in [0, 0.05) is 12.1 Å². The molecule has 0 atom stereocenters.